The lowest BCUT2D eigenvalue weighted by atomic mass is 9.95. The largest absolute Gasteiger partial charge is 0.459 e. The zero-order chi connectivity index (χ0) is 14.4. The van der Waals surface area contributed by atoms with Crippen molar-refractivity contribution in [2.75, 3.05) is 0 Å². The number of ether oxygens (including phenoxy) is 2. The van der Waals surface area contributed by atoms with Crippen LogP contribution in [0.4, 0.5) is 0 Å². The van der Waals surface area contributed by atoms with Crippen molar-refractivity contribution in [1.29, 1.82) is 0 Å². The van der Waals surface area contributed by atoms with Crippen LogP contribution in [-0.2, 0) is 19.1 Å². The lowest BCUT2D eigenvalue weighted by Gasteiger charge is -2.28. The Morgan fingerprint density at radius 2 is 1.42 bits per heavy atom. The van der Waals surface area contributed by atoms with Gasteiger partial charge < -0.3 is 9.47 Å². The summed E-state index contributed by atoms with van der Waals surface area (Å²) < 4.78 is 10.5. The van der Waals surface area contributed by atoms with E-state index in [9.17, 15) is 9.59 Å². The SMILES string of the molecule is C=CC(=C)C(=O)OC1CCC(OC(=O)C(=C)C)CC1. The second-order valence-corrected chi connectivity index (χ2v) is 4.72. The van der Waals surface area contributed by atoms with Crippen LogP contribution in [0.25, 0.3) is 0 Å². The molecule has 0 N–H and O–H groups in total. The summed E-state index contributed by atoms with van der Waals surface area (Å²) in [4.78, 5) is 22.9. The first kappa shape index (κ1) is 15.2. The van der Waals surface area contributed by atoms with Crippen molar-refractivity contribution < 1.29 is 19.1 Å². The number of esters is 2. The van der Waals surface area contributed by atoms with Gasteiger partial charge in [-0.2, -0.15) is 0 Å². The second-order valence-electron chi connectivity index (χ2n) is 4.72. The maximum atomic E-state index is 11.5. The summed E-state index contributed by atoms with van der Waals surface area (Å²) in [5.74, 6) is -0.794. The lowest BCUT2D eigenvalue weighted by molar-refractivity contribution is -0.153. The van der Waals surface area contributed by atoms with Crippen molar-refractivity contribution in [3.05, 3.63) is 37.0 Å². The van der Waals surface area contributed by atoms with E-state index in [0.717, 1.165) is 0 Å². The second kappa shape index (κ2) is 6.92. The van der Waals surface area contributed by atoms with Crippen LogP contribution in [0.1, 0.15) is 32.6 Å². The maximum Gasteiger partial charge on any atom is 0.337 e. The summed E-state index contributed by atoms with van der Waals surface area (Å²) in [6.45, 7) is 12.2. The number of carbonyl (C=O) groups is 2. The minimum absolute atomic E-state index is 0.109. The molecule has 0 radical (unpaired) electrons. The topological polar surface area (TPSA) is 52.6 Å². The van der Waals surface area contributed by atoms with Crippen LogP contribution < -0.4 is 0 Å². The fraction of sp³-hybridized carbons (Fsp3) is 0.467. The van der Waals surface area contributed by atoms with E-state index in [4.69, 9.17) is 9.47 Å². The molecule has 4 heteroatoms. The van der Waals surface area contributed by atoms with E-state index in [-0.39, 0.29) is 23.8 Å². The first-order chi connectivity index (χ1) is 8.93. The van der Waals surface area contributed by atoms with E-state index in [1.54, 1.807) is 6.92 Å². The third-order valence-corrected chi connectivity index (χ3v) is 3.03. The molecule has 1 aliphatic rings. The van der Waals surface area contributed by atoms with Gasteiger partial charge in [0.25, 0.3) is 0 Å². The molecule has 1 saturated carbocycles. The number of carbonyl (C=O) groups excluding carboxylic acids is 2. The van der Waals surface area contributed by atoms with Gasteiger partial charge in [-0.25, -0.2) is 9.59 Å². The summed E-state index contributed by atoms with van der Waals surface area (Å²) in [6.07, 6.45) is 3.89. The monoisotopic (exact) mass is 264 g/mol. The zero-order valence-corrected chi connectivity index (χ0v) is 11.3. The van der Waals surface area contributed by atoms with Crippen molar-refractivity contribution in [3.8, 4) is 0 Å². The molecule has 0 atom stereocenters. The molecule has 19 heavy (non-hydrogen) atoms. The molecule has 1 fully saturated rings. The van der Waals surface area contributed by atoms with Crippen molar-refractivity contribution >= 4 is 11.9 Å². The standard InChI is InChI=1S/C15H20O4/c1-5-11(4)15(17)19-13-8-6-12(7-9-13)18-14(16)10(2)3/h5,12-13H,1-2,4,6-9H2,3H3. The molecule has 0 aliphatic heterocycles. The van der Waals surface area contributed by atoms with E-state index < -0.39 is 5.97 Å². The maximum absolute atomic E-state index is 11.5. The molecule has 104 valence electrons. The average Bonchev–Trinajstić information content (AvgIpc) is 2.39. The van der Waals surface area contributed by atoms with Crippen LogP contribution in [-0.4, -0.2) is 24.1 Å². The lowest BCUT2D eigenvalue weighted by Crippen LogP contribution is -2.30. The van der Waals surface area contributed by atoms with Gasteiger partial charge in [0.2, 0.25) is 0 Å². The molecular formula is C15H20O4. The molecule has 0 aromatic carbocycles. The van der Waals surface area contributed by atoms with Crippen molar-refractivity contribution in [3.63, 3.8) is 0 Å². The normalized spacial score (nSPS) is 22.2. The van der Waals surface area contributed by atoms with Crippen LogP contribution in [0.2, 0.25) is 0 Å². The van der Waals surface area contributed by atoms with Gasteiger partial charge in [0.1, 0.15) is 12.2 Å². The predicted molar refractivity (Wildman–Crippen MR) is 72.4 cm³/mol. The van der Waals surface area contributed by atoms with E-state index in [1.807, 2.05) is 0 Å². The zero-order valence-electron chi connectivity index (χ0n) is 11.3. The molecule has 0 heterocycles. The van der Waals surface area contributed by atoms with Gasteiger partial charge in [0.15, 0.2) is 0 Å². The van der Waals surface area contributed by atoms with Gasteiger partial charge in [0, 0.05) is 5.57 Å². The molecule has 0 aromatic heterocycles. The molecule has 4 nitrogen and oxygen atoms in total. The Kier molecular flexibility index (Phi) is 5.55. The minimum atomic E-state index is -0.433. The van der Waals surface area contributed by atoms with Crippen LogP contribution in [0, 0.1) is 0 Å². The van der Waals surface area contributed by atoms with E-state index in [2.05, 4.69) is 19.7 Å². The molecule has 0 amide bonds. The van der Waals surface area contributed by atoms with Gasteiger partial charge >= 0.3 is 11.9 Å². The van der Waals surface area contributed by atoms with Crippen LogP contribution in [0.15, 0.2) is 37.0 Å². The van der Waals surface area contributed by atoms with Gasteiger partial charge in [-0.3, -0.25) is 0 Å². The fourth-order valence-electron chi connectivity index (χ4n) is 1.83. The predicted octanol–water partition coefficient (Wildman–Crippen LogP) is 2.70. The molecule has 0 bridgehead atoms. The highest BCUT2D eigenvalue weighted by Gasteiger charge is 2.26. The summed E-state index contributed by atoms with van der Waals surface area (Å²) >= 11 is 0. The molecule has 0 saturated heterocycles. The molecule has 1 rings (SSSR count). The van der Waals surface area contributed by atoms with Gasteiger partial charge in [-0.15, -0.1) is 0 Å². The average molecular weight is 264 g/mol. The third-order valence-electron chi connectivity index (χ3n) is 3.03. The van der Waals surface area contributed by atoms with Crippen molar-refractivity contribution in [2.24, 2.45) is 0 Å². The van der Waals surface area contributed by atoms with E-state index >= 15 is 0 Å². The van der Waals surface area contributed by atoms with Crippen molar-refractivity contribution in [2.45, 2.75) is 44.8 Å². The summed E-state index contributed by atoms with van der Waals surface area (Å²) in [5, 5.41) is 0. The Labute approximate surface area is 113 Å². The van der Waals surface area contributed by atoms with Crippen LogP contribution in [0.5, 0.6) is 0 Å². The van der Waals surface area contributed by atoms with Crippen LogP contribution >= 0.6 is 0 Å². The Balaban J connectivity index is 2.35. The summed E-state index contributed by atoms with van der Waals surface area (Å²) in [6, 6.07) is 0. The van der Waals surface area contributed by atoms with E-state index in [1.165, 1.54) is 6.08 Å². The van der Waals surface area contributed by atoms with Gasteiger partial charge in [0.05, 0.1) is 5.57 Å². The highest BCUT2D eigenvalue weighted by molar-refractivity contribution is 5.90. The Morgan fingerprint density at radius 3 is 1.79 bits per heavy atom. The highest BCUT2D eigenvalue weighted by Crippen LogP contribution is 2.24. The molecule has 0 spiro atoms. The Hall–Kier alpha value is -1.84. The smallest absolute Gasteiger partial charge is 0.337 e. The minimum Gasteiger partial charge on any atom is -0.459 e. The van der Waals surface area contributed by atoms with Crippen LogP contribution in [0.3, 0.4) is 0 Å². The third kappa shape index (κ3) is 4.73. The number of hydrogen-bond acceptors (Lipinski definition) is 4. The Bertz CT molecular complexity index is 400. The highest BCUT2D eigenvalue weighted by atomic mass is 16.6. The van der Waals surface area contributed by atoms with E-state index in [0.29, 0.717) is 31.3 Å². The summed E-state index contributed by atoms with van der Waals surface area (Å²) in [7, 11) is 0. The summed E-state index contributed by atoms with van der Waals surface area (Å²) in [5.41, 5.74) is 0.659. The van der Waals surface area contributed by atoms with Crippen molar-refractivity contribution in [1.82, 2.24) is 0 Å². The molecule has 0 aromatic rings. The van der Waals surface area contributed by atoms with Gasteiger partial charge in [-0.1, -0.05) is 25.8 Å². The quantitative estimate of drug-likeness (QED) is 0.435. The first-order valence-corrected chi connectivity index (χ1v) is 6.32. The number of hydrogen-bond donors (Lipinski definition) is 0. The fourth-order valence-corrected chi connectivity index (χ4v) is 1.83. The molecular weight excluding hydrogens is 244 g/mol. The molecule has 1 aliphatic carbocycles. The molecule has 0 unspecified atom stereocenters. The Morgan fingerprint density at radius 1 is 1.00 bits per heavy atom. The first-order valence-electron chi connectivity index (χ1n) is 6.32. The number of rotatable bonds is 5. The van der Waals surface area contributed by atoms with Gasteiger partial charge in [-0.05, 0) is 32.6 Å².